The molecule has 0 bridgehead atoms. The van der Waals surface area contributed by atoms with E-state index in [1.54, 1.807) is 7.11 Å². The molecule has 1 atom stereocenters. The second-order valence-electron chi connectivity index (χ2n) is 5.32. The highest BCUT2D eigenvalue weighted by Gasteiger charge is 2.16. The topological polar surface area (TPSA) is 35.5 Å². The highest BCUT2D eigenvalue weighted by Crippen LogP contribution is 2.25. The van der Waals surface area contributed by atoms with Crippen molar-refractivity contribution in [2.24, 2.45) is 0 Å². The van der Waals surface area contributed by atoms with Gasteiger partial charge < -0.3 is 9.47 Å². The van der Waals surface area contributed by atoms with Crippen LogP contribution in [-0.2, 0) is 9.53 Å². The summed E-state index contributed by atoms with van der Waals surface area (Å²) in [6.45, 7) is 4.21. The fraction of sp³-hybridized carbons (Fsp3) is 0.350. The van der Waals surface area contributed by atoms with Gasteiger partial charge in [-0.3, -0.25) is 4.79 Å². The minimum Gasteiger partial charge on any atom is -0.497 e. The first-order valence-electron chi connectivity index (χ1n) is 7.85. The van der Waals surface area contributed by atoms with Crippen LogP contribution in [-0.4, -0.2) is 19.7 Å². The number of esters is 1. The lowest BCUT2D eigenvalue weighted by Crippen LogP contribution is -2.13. The van der Waals surface area contributed by atoms with Gasteiger partial charge in [0, 0.05) is 12.8 Å². The number of carbonyl (C=O) groups is 1. The minimum atomic E-state index is -0.291. The monoisotopic (exact) mass is 310 g/mol. The molecule has 0 heterocycles. The Bertz CT molecular complexity index is 737. The molecule has 0 saturated carbocycles. The number of ether oxygens (including phenoxy) is 2. The molecule has 0 aliphatic carbocycles. The summed E-state index contributed by atoms with van der Waals surface area (Å²) in [6.07, 6.45) is 1.41. The molecule has 0 N–H and O–H groups in total. The van der Waals surface area contributed by atoms with E-state index in [-0.39, 0.29) is 11.9 Å². The molecule has 2 aromatic rings. The van der Waals surface area contributed by atoms with E-state index < -0.39 is 0 Å². The van der Waals surface area contributed by atoms with Gasteiger partial charge in [-0.15, -0.1) is 5.92 Å². The van der Waals surface area contributed by atoms with Crippen molar-refractivity contribution in [3.05, 3.63) is 42.0 Å². The summed E-state index contributed by atoms with van der Waals surface area (Å²) in [6, 6.07) is 11.9. The molecule has 0 aliphatic rings. The predicted molar refractivity (Wildman–Crippen MR) is 92.6 cm³/mol. The van der Waals surface area contributed by atoms with Crippen LogP contribution in [0.15, 0.2) is 36.4 Å². The average molecular weight is 310 g/mol. The van der Waals surface area contributed by atoms with E-state index in [1.807, 2.05) is 50.2 Å². The van der Waals surface area contributed by atoms with Crippen LogP contribution in [0.3, 0.4) is 0 Å². The standard InChI is InChI=1S/C20H22O3/c1-4-5-6-7-12-23-20(21)15(2)16-8-9-18-14-19(22-3)11-10-17(18)13-16/h8-11,13-15H,4,7,12H2,1-3H3. The molecule has 2 aromatic carbocycles. The van der Waals surface area contributed by atoms with Crippen molar-refractivity contribution in [3.63, 3.8) is 0 Å². The van der Waals surface area contributed by atoms with Crippen molar-refractivity contribution < 1.29 is 14.3 Å². The van der Waals surface area contributed by atoms with Gasteiger partial charge in [0.05, 0.1) is 13.0 Å². The lowest BCUT2D eigenvalue weighted by Gasteiger charge is -2.12. The van der Waals surface area contributed by atoms with Crippen LogP contribution in [0, 0.1) is 11.8 Å². The Morgan fingerprint density at radius 2 is 1.87 bits per heavy atom. The highest BCUT2D eigenvalue weighted by molar-refractivity contribution is 5.86. The van der Waals surface area contributed by atoms with Crippen LogP contribution < -0.4 is 4.74 Å². The van der Waals surface area contributed by atoms with E-state index in [0.717, 1.165) is 28.5 Å². The fourth-order valence-electron chi connectivity index (χ4n) is 2.32. The smallest absolute Gasteiger partial charge is 0.313 e. The maximum atomic E-state index is 12.1. The van der Waals surface area contributed by atoms with Gasteiger partial charge in [-0.2, -0.15) is 0 Å². The fourth-order valence-corrected chi connectivity index (χ4v) is 2.32. The van der Waals surface area contributed by atoms with Crippen LogP contribution >= 0.6 is 0 Å². The van der Waals surface area contributed by atoms with Gasteiger partial charge in [-0.1, -0.05) is 37.1 Å². The van der Waals surface area contributed by atoms with Gasteiger partial charge in [0.2, 0.25) is 0 Å². The summed E-state index contributed by atoms with van der Waals surface area (Å²) in [5.74, 6) is 6.25. The Balaban J connectivity index is 2.05. The first kappa shape index (κ1) is 16.9. The van der Waals surface area contributed by atoms with Crippen molar-refractivity contribution >= 4 is 16.7 Å². The van der Waals surface area contributed by atoms with Crippen LogP contribution in [0.2, 0.25) is 0 Å². The second kappa shape index (κ2) is 8.24. The molecule has 0 radical (unpaired) electrons. The number of hydrogen-bond donors (Lipinski definition) is 0. The molecular formula is C20H22O3. The van der Waals surface area contributed by atoms with Crippen LogP contribution in [0.4, 0.5) is 0 Å². The maximum Gasteiger partial charge on any atom is 0.313 e. The van der Waals surface area contributed by atoms with Crippen LogP contribution in [0.1, 0.15) is 38.2 Å². The number of fused-ring (bicyclic) bond motifs is 1. The third kappa shape index (κ3) is 4.50. The van der Waals surface area contributed by atoms with E-state index in [2.05, 4.69) is 11.8 Å². The summed E-state index contributed by atoms with van der Waals surface area (Å²) >= 11 is 0. The van der Waals surface area contributed by atoms with Gasteiger partial charge in [0.15, 0.2) is 0 Å². The molecule has 0 amide bonds. The van der Waals surface area contributed by atoms with Gasteiger partial charge in [0.1, 0.15) is 12.4 Å². The lowest BCUT2D eigenvalue weighted by atomic mass is 9.98. The maximum absolute atomic E-state index is 12.1. The van der Waals surface area contributed by atoms with Crippen molar-refractivity contribution in [1.29, 1.82) is 0 Å². The molecule has 2 rings (SSSR count). The molecule has 120 valence electrons. The number of benzene rings is 2. The zero-order valence-corrected chi connectivity index (χ0v) is 13.9. The first-order chi connectivity index (χ1) is 11.2. The molecule has 3 heteroatoms. The number of rotatable bonds is 5. The molecule has 0 fully saturated rings. The molecule has 0 saturated heterocycles. The highest BCUT2D eigenvalue weighted by atomic mass is 16.5. The number of carbonyl (C=O) groups excluding carboxylic acids is 1. The van der Waals surface area contributed by atoms with Crippen LogP contribution in [0.25, 0.3) is 10.8 Å². The van der Waals surface area contributed by atoms with E-state index >= 15 is 0 Å². The first-order valence-corrected chi connectivity index (χ1v) is 7.85. The second-order valence-corrected chi connectivity index (χ2v) is 5.32. The lowest BCUT2D eigenvalue weighted by molar-refractivity contribution is -0.144. The molecule has 1 unspecified atom stereocenters. The molecule has 3 nitrogen and oxygen atoms in total. The van der Waals surface area contributed by atoms with Gasteiger partial charge in [0.25, 0.3) is 0 Å². The van der Waals surface area contributed by atoms with Gasteiger partial charge in [-0.25, -0.2) is 0 Å². The molecule has 0 aromatic heterocycles. The Hall–Kier alpha value is -2.47. The van der Waals surface area contributed by atoms with Crippen molar-refractivity contribution in [1.82, 2.24) is 0 Å². The SMILES string of the molecule is CCC#CCCOC(=O)C(C)c1ccc2cc(OC)ccc2c1. The zero-order valence-electron chi connectivity index (χ0n) is 13.9. The minimum absolute atomic E-state index is 0.212. The third-order valence-corrected chi connectivity index (χ3v) is 3.70. The van der Waals surface area contributed by atoms with Gasteiger partial charge >= 0.3 is 5.97 Å². The zero-order chi connectivity index (χ0) is 16.7. The molecule has 23 heavy (non-hydrogen) atoms. The number of methoxy groups -OCH3 is 1. The normalized spacial score (nSPS) is 11.4. The van der Waals surface area contributed by atoms with Crippen molar-refractivity contribution in [2.75, 3.05) is 13.7 Å². The Kier molecular flexibility index (Phi) is 6.05. The van der Waals surface area contributed by atoms with E-state index in [4.69, 9.17) is 9.47 Å². The summed E-state index contributed by atoms with van der Waals surface area (Å²) in [5, 5.41) is 2.17. The van der Waals surface area contributed by atoms with Crippen molar-refractivity contribution in [3.8, 4) is 17.6 Å². The quantitative estimate of drug-likeness (QED) is 0.469. The Morgan fingerprint density at radius 1 is 1.13 bits per heavy atom. The summed E-state index contributed by atoms with van der Waals surface area (Å²) in [5.41, 5.74) is 0.951. The Morgan fingerprint density at radius 3 is 2.61 bits per heavy atom. The summed E-state index contributed by atoms with van der Waals surface area (Å²) in [4.78, 5) is 12.1. The van der Waals surface area contributed by atoms with Crippen molar-refractivity contribution in [2.45, 2.75) is 32.6 Å². The van der Waals surface area contributed by atoms with E-state index in [1.165, 1.54) is 0 Å². The van der Waals surface area contributed by atoms with E-state index in [9.17, 15) is 4.79 Å². The summed E-state index contributed by atoms with van der Waals surface area (Å²) in [7, 11) is 1.65. The Labute approximate surface area is 137 Å². The molecular weight excluding hydrogens is 288 g/mol. The van der Waals surface area contributed by atoms with Gasteiger partial charge in [-0.05, 0) is 35.4 Å². The largest absolute Gasteiger partial charge is 0.497 e. The molecule has 0 spiro atoms. The van der Waals surface area contributed by atoms with E-state index in [0.29, 0.717) is 13.0 Å². The third-order valence-electron chi connectivity index (χ3n) is 3.70. The van der Waals surface area contributed by atoms with Crippen LogP contribution in [0.5, 0.6) is 5.75 Å². The number of hydrogen-bond acceptors (Lipinski definition) is 3. The molecule has 0 aliphatic heterocycles. The summed E-state index contributed by atoms with van der Waals surface area (Å²) < 4.78 is 10.5. The predicted octanol–water partition coefficient (Wildman–Crippen LogP) is 4.30. The average Bonchev–Trinajstić information content (AvgIpc) is 2.59.